The van der Waals surface area contributed by atoms with Crippen LogP contribution in [0.25, 0.3) is 0 Å². The standard InChI is InChI=1S/C13H15FN2O2/c1-8-3-4-10(6-12(8)14)13(17)15-7-11-5-9(2)16-18-11/h3-4,6,11H,5,7H2,1-2H3,(H,15,17)/t11-/m0/s1. The number of benzene rings is 1. The Balaban J connectivity index is 1.90. The number of nitrogens with zero attached hydrogens (tertiary/aromatic N) is 1. The lowest BCUT2D eigenvalue weighted by Crippen LogP contribution is -2.32. The number of hydrogen-bond donors (Lipinski definition) is 1. The van der Waals surface area contributed by atoms with Crippen LogP contribution in [-0.2, 0) is 4.84 Å². The molecule has 0 bridgehead atoms. The predicted molar refractivity (Wildman–Crippen MR) is 66.1 cm³/mol. The molecule has 0 unspecified atom stereocenters. The summed E-state index contributed by atoms with van der Waals surface area (Å²) in [7, 11) is 0. The number of carbonyl (C=O) groups is 1. The highest BCUT2D eigenvalue weighted by molar-refractivity contribution is 5.94. The smallest absolute Gasteiger partial charge is 0.251 e. The average molecular weight is 250 g/mol. The van der Waals surface area contributed by atoms with Gasteiger partial charge in [0, 0.05) is 12.0 Å². The lowest BCUT2D eigenvalue weighted by Gasteiger charge is -2.10. The Labute approximate surface area is 105 Å². The second-order valence-electron chi connectivity index (χ2n) is 4.43. The van der Waals surface area contributed by atoms with Crippen LogP contribution in [0, 0.1) is 12.7 Å². The fourth-order valence-corrected chi connectivity index (χ4v) is 1.72. The number of carbonyl (C=O) groups excluding carboxylic acids is 1. The molecule has 5 heteroatoms. The first-order chi connectivity index (χ1) is 8.56. The Kier molecular flexibility index (Phi) is 3.60. The molecule has 96 valence electrons. The molecule has 18 heavy (non-hydrogen) atoms. The highest BCUT2D eigenvalue weighted by Crippen LogP contribution is 2.11. The number of aryl methyl sites for hydroxylation is 1. The summed E-state index contributed by atoms with van der Waals surface area (Å²) >= 11 is 0. The van der Waals surface area contributed by atoms with Gasteiger partial charge in [-0.05, 0) is 31.5 Å². The summed E-state index contributed by atoms with van der Waals surface area (Å²) in [5.74, 6) is -0.680. The highest BCUT2D eigenvalue weighted by atomic mass is 19.1. The molecule has 2 rings (SSSR count). The number of amides is 1. The van der Waals surface area contributed by atoms with Gasteiger partial charge >= 0.3 is 0 Å². The molecule has 0 fully saturated rings. The first-order valence-electron chi connectivity index (χ1n) is 5.80. The molecule has 1 N–H and O–H groups in total. The van der Waals surface area contributed by atoms with Crippen LogP contribution in [0.4, 0.5) is 4.39 Å². The fourth-order valence-electron chi connectivity index (χ4n) is 1.72. The summed E-state index contributed by atoms with van der Waals surface area (Å²) < 4.78 is 13.3. The minimum atomic E-state index is -0.376. The monoisotopic (exact) mass is 250 g/mol. The summed E-state index contributed by atoms with van der Waals surface area (Å²) in [5, 5.41) is 6.50. The summed E-state index contributed by atoms with van der Waals surface area (Å²) in [6.07, 6.45) is 0.590. The van der Waals surface area contributed by atoms with Crippen LogP contribution in [0.2, 0.25) is 0 Å². The minimum Gasteiger partial charge on any atom is -0.390 e. The van der Waals surface area contributed by atoms with E-state index in [4.69, 9.17) is 4.84 Å². The van der Waals surface area contributed by atoms with Crippen molar-refractivity contribution in [3.05, 3.63) is 35.1 Å². The molecule has 0 saturated heterocycles. The van der Waals surface area contributed by atoms with Gasteiger partial charge in [-0.2, -0.15) is 0 Å². The molecule has 1 atom stereocenters. The Morgan fingerprint density at radius 1 is 1.56 bits per heavy atom. The third-order valence-electron chi connectivity index (χ3n) is 2.81. The lowest BCUT2D eigenvalue weighted by molar-refractivity contribution is 0.0753. The van der Waals surface area contributed by atoms with Crippen molar-refractivity contribution in [3.8, 4) is 0 Å². The van der Waals surface area contributed by atoms with E-state index in [0.717, 1.165) is 5.71 Å². The maximum Gasteiger partial charge on any atom is 0.251 e. The molecular formula is C13H15FN2O2. The Morgan fingerprint density at radius 2 is 2.33 bits per heavy atom. The van der Waals surface area contributed by atoms with E-state index in [2.05, 4.69) is 10.5 Å². The average Bonchev–Trinajstić information content (AvgIpc) is 2.75. The highest BCUT2D eigenvalue weighted by Gasteiger charge is 2.19. The second-order valence-corrected chi connectivity index (χ2v) is 4.43. The summed E-state index contributed by atoms with van der Waals surface area (Å²) in [6, 6.07) is 4.43. The van der Waals surface area contributed by atoms with E-state index in [-0.39, 0.29) is 17.8 Å². The number of nitrogens with one attached hydrogen (secondary N) is 1. The number of oxime groups is 1. The van der Waals surface area contributed by atoms with Crippen LogP contribution < -0.4 is 5.32 Å². The molecule has 1 aliphatic heterocycles. The van der Waals surface area contributed by atoms with E-state index in [1.54, 1.807) is 19.1 Å². The Bertz CT molecular complexity index is 500. The van der Waals surface area contributed by atoms with Crippen LogP contribution in [0.3, 0.4) is 0 Å². The van der Waals surface area contributed by atoms with E-state index < -0.39 is 0 Å². The number of hydrogen-bond acceptors (Lipinski definition) is 3. The second kappa shape index (κ2) is 5.16. The first-order valence-corrected chi connectivity index (χ1v) is 5.80. The molecule has 1 heterocycles. The quantitative estimate of drug-likeness (QED) is 0.892. The summed E-state index contributed by atoms with van der Waals surface area (Å²) in [4.78, 5) is 16.9. The van der Waals surface area contributed by atoms with Crippen molar-refractivity contribution in [2.75, 3.05) is 6.54 Å². The normalized spacial score (nSPS) is 18.2. The van der Waals surface area contributed by atoms with E-state index >= 15 is 0 Å². The maximum absolute atomic E-state index is 13.3. The molecule has 1 aliphatic rings. The third kappa shape index (κ3) is 2.85. The molecule has 0 radical (unpaired) electrons. The molecule has 0 aromatic heterocycles. The molecule has 1 aromatic carbocycles. The van der Waals surface area contributed by atoms with Crippen LogP contribution in [0.1, 0.15) is 29.3 Å². The maximum atomic E-state index is 13.3. The topological polar surface area (TPSA) is 50.7 Å². The van der Waals surface area contributed by atoms with Crippen LogP contribution in [-0.4, -0.2) is 24.3 Å². The molecular weight excluding hydrogens is 235 g/mol. The zero-order valence-corrected chi connectivity index (χ0v) is 10.4. The lowest BCUT2D eigenvalue weighted by atomic mass is 10.1. The van der Waals surface area contributed by atoms with Gasteiger partial charge in [0.15, 0.2) is 0 Å². The fraction of sp³-hybridized carbons (Fsp3) is 0.385. The Morgan fingerprint density at radius 3 is 2.94 bits per heavy atom. The first kappa shape index (κ1) is 12.5. The van der Waals surface area contributed by atoms with Crippen molar-refractivity contribution in [1.29, 1.82) is 0 Å². The van der Waals surface area contributed by atoms with Crippen molar-refractivity contribution in [2.24, 2.45) is 5.16 Å². The SMILES string of the molecule is CC1=NO[C@H](CNC(=O)c2ccc(C)c(F)c2)C1. The van der Waals surface area contributed by atoms with E-state index in [0.29, 0.717) is 24.1 Å². The van der Waals surface area contributed by atoms with Crippen LogP contribution in [0.15, 0.2) is 23.4 Å². The predicted octanol–water partition coefficient (Wildman–Crippen LogP) is 2.03. The molecule has 0 aliphatic carbocycles. The van der Waals surface area contributed by atoms with E-state index in [9.17, 15) is 9.18 Å². The van der Waals surface area contributed by atoms with Gasteiger partial charge < -0.3 is 10.2 Å². The van der Waals surface area contributed by atoms with Crippen molar-refractivity contribution < 1.29 is 14.0 Å². The van der Waals surface area contributed by atoms with Crippen molar-refractivity contribution in [3.63, 3.8) is 0 Å². The molecule has 0 saturated carbocycles. The van der Waals surface area contributed by atoms with E-state index in [1.165, 1.54) is 6.07 Å². The summed E-state index contributed by atoms with van der Waals surface area (Å²) in [6.45, 7) is 3.90. The van der Waals surface area contributed by atoms with Gasteiger partial charge in [-0.1, -0.05) is 11.2 Å². The largest absolute Gasteiger partial charge is 0.390 e. The minimum absolute atomic E-state index is 0.121. The van der Waals surface area contributed by atoms with Crippen molar-refractivity contribution in [2.45, 2.75) is 26.4 Å². The zero-order valence-electron chi connectivity index (χ0n) is 10.4. The summed E-state index contributed by atoms with van der Waals surface area (Å²) in [5.41, 5.74) is 1.75. The number of rotatable bonds is 3. The van der Waals surface area contributed by atoms with Crippen LogP contribution in [0.5, 0.6) is 0 Å². The number of halogens is 1. The zero-order chi connectivity index (χ0) is 13.1. The third-order valence-corrected chi connectivity index (χ3v) is 2.81. The van der Waals surface area contributed by atoms with Gasteiger partial charge in [-0.25, -0.2) is 4.39 Å². The molecule has 0 spiro atoms. The van der Waals surface area contributed by atoms with E-state index in [1.807, 2.05) is 6.92 Å². The van der Waals surface area contributed by atoms with Crippen molar-refractivity contribution in [1.82, 2.24) is 5.32 Å². The van der Waals surface area contributed by atoms with Crippen molar-refractivity contribution >= 4 is 11.6 Å². The van der Waals surface area contributed by atoms with Gasteiger partial charge in [-0.15, -0.1) is 0 Å². The molecule has 4 nitrogen and oxygen atoms in total. The van der Waals surface area contributed by atoms with Gasteiger partial charge in [0.25, 0.3) is 5.91 Å². The Hall–Kier alpha value is -1.91. The van der Waals surface area contributed by atoms with Gasteiger partial charge in [-0.3, -0.25) is 4.79 Å². The van der Waals surface area contributed by atoms with Gasteiger partial charge in [0.2, 0.25) is 0 Å². The molecule has 1 aromatic rings. The van der Waals surface area contributed by atoms with Gasteiger partial charge in [0.1, 0.15) is 11.9 Å². The molecule has 1 amide bonds. The van der Waals surface area contributed by atoms with Crippen LogP contribution >= 0.6 is 0 Å². The van der Waals surface area contributed by atoms with Gasteiger partial charge in [0.05, 0.1) is 12.3 Å².